The zero-order valence-corrected chi connectivity index (χ0v) is 11.9. The van der Waals surface area contributed by atoms with E-state index in [1.807, 2.05) is 36.5 Å². The van der Waals surface area contributed by atoms with E-state index in [9.17, 15) is 4.79 Å². The molecule has 90 valence electrons. The Hall–Kier alpha value is -0.920. The predicted molar refractivity (Wildman–Crippen MR) is 73.6 cm³/mol. The molecule has 0 fully saturated rings. The number of hydrogen-bond donors (Lipinski definition) is 0. The average molecular weight is 285 g/mol. The highest BCUT2D eigenvalue weighted by Crippen LogP contribution is 2.27. The van der Waals surface area contributed by atoms with E-state index in [2.05, 4.69) is 10.2 Å². The molecule has 0 saturated heterocycles. The molecular weight excluding hydrogens is 274 g/mol. The van der Waals surface area contributed by atoms with Crippen molar-refractivity contribution in [2.45, 2.75) is 4.34 Å². The van der Waals surface area contributed by atoms with Crippen LogP contribution in [-0.2, 0) is 0 Å². The van der Waals surface area contributed by atoms with Crippen LogP contribution in [0.3, 0.4) is 0 Å². The predicted octanol–water partition coefficient (Wildman–Crippen LogP) is 2.64. The van der Waals surface area contributed by atoms with Gasteiger partial charge in [0.2, 0.25) is 5.13 Å². The first-order chi connectivity index (χ1) is 8.16. The van der Waals surface area contributed by atoms with Crippen LogP contribution in [-0.4, -0.2) is 35.8 Å². The zero-order chi connectivity index (χ0) is 12.3. The first-order valence-corrected chi connectivity index (χ1v) is 7.55. The minimum absolute atomic E-state index is 0.145. The molecule has 2 aromatic rings. The first kappa shape index (κ1) is 12.5. The summed E-state index contributed by atoms with van der Waals surface area (Å²) in [6, 6.07) is 3.73. The van der Waals surface area contributed by atoms with Crippen LogP contribution in [0.15, 0.2) is 21.9 Å². The highest BCUT2D eigenvalue weighted by atomic mass is 32.2. The van der Waals surface area contributed by atoms with Crippen molar-refractivity contribution in [1.29, 1.82) is 0 Å². The van der Waals surface area contributed by atoms with Crippen molar-refractivity contribution in [1.82, 2.24) is 10.2 Å². The van der Waals surface area contributed by atoms with Gasteiger partial charge in [-0.15, -0.1) is 21.5 Å². The third-order valence-electron chi connectivity index (χ3n) is 1.90. The van der Waals surface area contributed by atoms with Gasteiger partial charge in [0.25, 0.3) is 0 Å². The van der Waals surface area contributed by atoms with Crippen LogP contribution in [0.1, 0.15) is 9.67 Å². The summed E-state index contributed by atoms with van der Waals surface area (Å²) in [5.41, 5.74) is 0. The smallest absolute Gasteiger partial charge is 0.208 e. The maximum Gasteiger partial charge on any atom is 0.208 e. The molecule has 0 bridgehead atoms. The number of aromatic nitrogens is 2. The molecule has 0 saturated carbocycles. The standard InChI is InChI=1S/C10H11N3OS3/c1-13(2)9-11-12-10(17-9)16-6-7(14)8-4-3-5-15-8/h3-5H,6H2,1-2H3. The summed E-state index contributed by atoms with van der Waals surface area (Å²) in [6.07, 6.45) is 0. The van der Waals surface area contributed by atoms with Gasteiger partial charge in [0.15, 0.2) is 10.1 Å². The van der Waals surface area contributed by atoms with E-state index in [1.54, 1.807) is 0 Å². The molecule has 0 atom stereocenters. The Morgan fingerprint density at radius 1 is 1.47 bits per heavy atom. The van der Waals surface area contributed by atoms with Crippen LogP contribution in [0.2, 0.25) is 0 Å². The lowest BCUT2D eigenvalue weighted by atomic mass is 10.4. The Morgan fingerprint density at radius 3 is 2.88 bits per heavy atom. The van der Waals surface area contributed by atoms with E-state index < -0.39 is 0 Å². The number of carbonyl (C=O) groups excluding carboxylic acids is 1. The van der Waals surface area contributed by atoms with Crippen molar-refractivity contribution in [3.05, 3.63) is 22.4 Å². The number of carbonyl (C=O) groups is 1. The van der Waals surface area contributed by atoms with Crippen LogP contribution in [0.4, 0.5) is 5.13 Å². The van der Waals surface area contributed by atoms with Gasteiger partial charge in [-0.05, 0) is 11.4 Å². The molecule has 2 heterocycles. The highest BCUT2D eigenvalue weighted by molar-refractivity contribution is 8.01. The lowest BCUT2D eigenvalue weighted by Crippen LogP contribution is -2.07. The number of anilines is 1. The summed E-state index contributed by atoms with van der Waals surface area (Å²) in [7, 11) is 3.84. The molecule has 2 rings (SSSR count). The number of Topliss-reactive ketones (excluding diaryl/α,β-unsaturated/α-hetero) is 1. The molecule has 0 aliphatic heterocycles. The molecule has 17 heavy (non-hydrogen) atoms. The fourth-order valence-electron chi connectivity index (χ4n) is 1.08. The Balaban J connectivity index is 1.91. The van der Waals surface area contributed by atoms with Gasteiger partial charge >= 0.3 is 0 Å². The molecule has 4 nitrogen and oxygen atoms in total. The lowest BCUT2D eigenvalue weighted by molar-refractivity contribution is 0.102. The largest absolute Gasteiger partial charge is 0.353 e. The average Bonchev–Trinajstić information content (AvgIpc) is 2.97. The second-order valence-corrected chi connectivity index (χ2v) is 6.56. The van der Waals surface area contributed by atoms with Crippen molar-refractivity contribution in [2.75, 3.05) is 24.7 Å². The second-order valence-electron chi connectivity index (χ2n) is 3.43. The summed E-state index contributed by atoms with van der Waals surface area (Å²) in [6.45, 7) is 0. The number of hydrogen-bond acceptors (Lipinski definition) is 7. The van der Waals surface area contributed by atoms with Crippen molar-refractivity contribution < 1.29 is 4.79 Å². The third kappa shape index (κ3) is 3.27. The number of ketones is 1. The Labute approximate surface area is 112 Å². The normalized spacial score (nSPS) is 10.5. The number of rotatable bonds is 5. The molecule has 0 aliphatic rings. The minimum Gasteiger partial charge on any atom is -0.353 e. The fourth-order valence-corrected chi connectivity index (χ4v) is 3.48. The molecule has 0 radical (unpaired) electrons. The Bertz CT molecular complexity index is 493. The fraction of sp³-hybridized carbons (Fsp3) is 0.300. The maximum atomic E-state index is 11.8. The number of nitrogens with zero attached hydrogens (tertiary/aromatic N) is 3. The maximum absolute atomic E-state index is 11.8. The van der Waals surface area contributed by atoms with Gasteiger partial charge < -0.3 is 4.90 Å². The minimum atomic E-state index is 0.145. The molecule has 7 heteroatoms. The van der Waals surface area contributed by atoms with Gasteiger partial charge in [-0.25, -0.2) is 0 Å². The summed E-state index contributed by atoms with van der Waals surface area (Å²) in [5, 5.41) is 10.8. The molecule has 2 aromatic heterocycles. The number of thiophene rings is 1. The monoisotopic (exact) mass is 285 g/mol. The first-order valence-electron chi connectivity index (χ1n) is 4.87. The van der Waals surface area contributed by atoms with Gasteiger partial charge in [0.05, 0.1) is 10.6 Å². The van der Waals surface area contributed by atoms with Gasteiger partial charge in [-0.1, -0.05) is 29.2 Å². The molecule has 0 aliphatic carbocycles. The quantitative estimate of drug-likeness (QED) is 0.624. The van der Waals surface area contributed by atoms with Crippen molar-refractivity contribution in [3.63, 3.8) is 0 Å². The molecule has 0 amide bonds. The van der Waals surface area contributed by atoms with E-state index in [0.717, 1.165) is 14.3 Å². The van der Waals surface area contributed by atoms with Gasteiger partial charge in [0, 0.05) is 14.1 Å². The zero-order valence-electron chi connectivity index (χ0n) is 9.41. The van der Waals surface area contributed by atoms with Crippen LogP contribution in [0.25, 0.3) is 0 Å². The molecule has 0 N–H and O–H groups in total. The van der Waals surface area contributed by atoms with Gasteiger partial charge in [0.1, 0.15) is 0 Å². The third-order valence-corrected chi connectivity index (χ3v) is 5.04. The van der Waals surface area contributed by atoms with Crippen LogP contribution in [0.5, 0.6) is 0 Å². The van der Waals surface area contributed by atoms with Gasteiger partial charge in [-0.3, -0.25) is 4.79 Å². The SMILES string of the molecule is CN(C)c1nnc(SCC(=O)c2cccs2)s1. The van der Waals surface area contributed by atoms with Crippen molar-refractivity contribution in [2.24, 2.45) is 0 Å². The van der Waals surface area contributed by atoms with E-state index in [0.29, 0.717) is 5.75 Å². The van der Waals surface area contributed by atoms with Crippen LogP contribution < -0.4 is 4.90 Å². The van der Waals surface area contributed by atoms with Crippen LogP contribution in [0, 0.1) is 0 Å². The summed E-state index contributed by atoms with van der Waals surface area (Å²) >= 11 is 4.41. The summed E-state index contributed by atoms with van der Waals surface area (Å²) in [5.74, 6) is 0.564. The summed E-state index contributed by atoms with van der Waals surface area (Å²) < 4.78 is 0.832. The van der Waals surface area contributed by atoms with E-state index in [-0.39, 0.29) is 5.78 Å². The lowest BCUT2D eigenvalue weighted by Gasteiger charge is -2.03. The molecule has 0 aromatic carbocycles. The Morgan fingerprint density at radius 2 is 2.29 bits per heavy atom. The summed E-state index contributed by atoms with van der Waals surface area (Å²) in [4.78, 5) is 14.5. The molecular formula is C10H11N3OS3. The molecule has 0 spiro atoms. The van der Waals surface area contributed by atoms with Gasteiger partial charge in [-0.2, -0.15) is 0 Å². The topological polar surface area (TPSA) is 46.1 Å². The highest BCUT2D eigenvalue weighted by Gasteiger charge is 2.11. The van der Waals surface area contributed by atoms with Crippen LogP contribution >= 0.6 is 34.4 Å². The van der Waals surface area contributed by atoms with E-state index in [1.165, 1.54) is 34.4 Å². The van der Waals surface area contributed by atoms with Crippen molar-refractivity contribution in [3.8, 4) is 0 Å². The molecule has 0 unspecified atom stereocenters. The van der Waals surface area contributed by atoms with E-state index >= 15 is 0 Å². The van der Waals surface area contributed by atoms with Crippen molar-refractivity contribution >= 4 is 45.4 Å². The number of thioether (sulfide) groups is 1. The van der Waals surface area contributed by atoms with E-state index in [4.69, 9.17) is 0 Å². The Kier molecular flexibility index (Phi) is 4.14. The second kappa shape index (κ2) is 5.61.